The Hall–Kier alpha value is -2.67. The van der Waals surface area contributed by atoms with Gasteiger partial charge in [0.1, 0.15) is 11.2 Å². The molecule has 7 heteroatoms. The first kappa shape index (κ1) is 24.0. The zero-order chi connectivity index (χ0) is 23.5. The summed E-state index contributed by atoms with van der Waals surface area (Å²) in [6, 6.07) is 15.7. The van der Waals surface area contributed by atoms with Crippen LogP contribution in [0.4, 0.5) is 0 Å². The van der Waals surface area contributed by atoms with Crippen molar-refractivity contribution < 1.29 is 24.2 Å². The van der Waals surface area contributed by atoms with Crippen LogP contribution in [-0.2, 0) is 14.9 Å². The van der Waals surface area contributed by atoms with E-state index >= 15 is 0 Å². The van der Waals surface area contributed by atoms with Crippen molar-refractivity contribution in [2.75, 3.05) is 20.8 Å². The number of methoxy groups -OCH3 is 2. The van der Waals surface area contributed by atoms with Crippen LogP contribution in [-0.4, -0.2) is 37.7 Å². The van der Waals surface area contributed by atoms with E-state index in [0.717, 1.165) is 5.56 Å². The molecule has 1 atom stereocenters. The van der Waals surface area contributed by atoms with E-state index in [9.17, 15) is 14.7 Å². The van der Waals surface area contributed by atoms with Gasteiger partial charge in [-0.1, -0.05) is 37.6 Å². The Morgan fingerprint density at radius 3 is 2.19 bits per heavy atom. The maximum Gasteiger partial charge on any atom is 0.316 e. The Morgan fingerprint density at radius 2 is 1.69 bits per heavy atom. The van der Waals surface area contributed by atoms with Crippen molar-refractivity contribution in [2.45, 2.75) is 19.3 Å². The molecule has 0 aliphatic heterocycles. The third-order valence-electron chi connectivity index (χ3n) is 5.63. The van der Waals surface area contributed by atoms with Gasteiger partial charge in [-0.25, -0.2) is 0 Å². The van der Waals surface area contributed by atoms with E-state index in [1.807, 2.05) is 26.0 Å². The van der Waals surface area contributed by atoms with Gasteiger partial charge >= 0.3 is 5.97 Å². The molecule has 3 aromatic rings. The number of hydrogen-bond acceptors (Lipinski definition) is 5. The summed E-state index contributed by atoms with van der Waals surface area (Å²) >= 11 is 7.34. The minimum atomic E-state index is -1.32. The summed E-state index contributed by atoms with van der Waals surface area (Å²) in [6.07, 6.45) is 0. The third kappa shape index (κ3) is 4.44. The first-order valence-electron chi connectivity index (χ1n) is 10.1. The Bertz CT molecular complexity index is 1100. The highest BCUT2D eigenvalue weighted by Crippen LogP contribution is 2.44. The van der Waals surface area contributed by atoms with Crippen molar-refractivity contribution in [3.8, 4) is 16.2 Å². The first-order chi connectivity index (χ1) is 15.2. The highest BCUT2D eigenvalue weighted by molar-refractivity contribution is 7.17. The van der Waals surface area contributed by atoms with Crippen molar-refractivity contribution in [1.82, 2.24) is 0 Å². The van der Waals surface area contributed by atoms with Crippen molar-refractivity contribution in [1.29, 1.82) is 0 Å². The van der Waals surface area contributed by atoms with Gasteiger partial charge in [-0.15, -0.1) is 11.3 Å². The van der Waals surface area contributed by atoms with E-state index in [4.69, 9.17) is 21.1 Å². The third-order valence-corrected chi connectivity index (χ3v) is 7.07. The number of aliphatic carboxylic acids is 1. The fourth-order valence-electron chi connectivity index (χ4n) is 3.74. The second-order valence-corrected chi connectivity index (χ2v) is 9.27. The lowest BCUT2D eigenvalue weighted by Gasteiger charge is -2.33. The number of rotatable bonds is 9. The van der Waals surface area contributed by atoms with Crippen LogP contribution in [0.3, 0.4) is 0 Å². The molecule has 1 unspecified atom stereocenters. The van der Waals surface area contributed by atoms with E-state index < -0.39 is 11.4 Å². The SMILES string of the molecule is COCC(C(=O)O)(c1cc(C(=O)c2ccc(OC)cc2)sc1-c1ccc(Cl)cc1)C(C)C. The molecule has 1 heterocycles. The first-order valence-corrected chi connectivity index (χ1v) is 11.2. The minimum Gasteiger partial charge on any atom is -0.497 e. The molecule has 0 aliphatic carbocycles. The molecule has 32 heavy (non-hydrogen) atoms. The molecule has 0 aliphatic rings. The lowest BCUT2D eigenvalue weighted by molar-refractivity contribution is -0.148. The average Bonchev–Trinajstić information content (AvgIpc) is 3.22. The fraction of sp³-hybridized carbons (Fsp3) is 0.280. The number of halogens is 1. The van der Waals surface area contributed by atoms with Crippen LogP contribution >= 0.6 is 22.9 Å². The molecule has 168 valence electrons. The summed E-state index contributed by atoms with van der Waals surface area (Å²) in [5, 5.41) is 10.9. The lowest BCUT2D eigenvalue weighted by Crippen LogP contribution is -2.45. The molecular formula is C25H25ClO5S. The Kier molecular flexibility index (Phi) is 7.39. The largest absolute Gasteiger partial charge is 0.497 e. The Labute approximate surface area is 196 Å². The smallest absolute Gasteiger partial charge is 0.316 e. The predicted octanol–water partition coefficient (Wildman–Crippen LogP) is 5.93. The number of hydrogen-bond donors (Lipinski definition) is 1. The number of thiophene rings is 1. The van der Waals surface area contributed by atoms with Gasteiger partial charge in [-0.05, 0) is 59.5 Å². The van der Waals surface area contributed by atoms with Gasteiger partial charge in [0.2, 0.25) is 5.78 Å². The van der Waals surface area contributed by atoms with Crippen LogP contribution in [0.25, 0.3) is 10.4 Å². The van der Waals surface area contributed by atoms with Gasteiger partial charge in [-0.2, -0.15) is 0 Å². The number of carbonyl (C=O) groups is 2. The fourth-order valence-corrected chi connectivity index (χ4v) is 5.08. The maximum atomic E-state index is 13.3. The van der Waals surface area contributed by atoms with Crippen molar-refractivity contribution in [3.05, 3.63) is 75.6 Å². The number of carboxylic acids is 1. The molecule has 0 amide bonds. The quantitative estimate of drug-likeness (QED) is 0.390. The van der Waals surface area contributed by atoms with E-state index in [1.165, 1.54) is 18.4 Å². The molecule has 0 fully saturated rings. The summed E-state index contributed by atoms with van der Waals surface area (Å²) in [6.45, 7) is 3.68. The second-order valence-electron chi connectivity index (χ2n) is 7.78. The van der Waals surface area contributed by atoms with Crippen LogP contribution < -0.4 is 4.74 Å². The van der Waals surface area contributed by atoms with E-state index in [0.29, 0.717) is 31.7 Å². The van der Waals surface area contributed by atoms with E-state index in [1.54, 1.807) is 49.6 Å². The van der Waals surface area contributed by atoms with Gasteiger partial charge in [0.25, 0.3) is 0 Å². The van der Waals surface area contributed by atoms with Crippen LogP contribution in [0.2, 0.25) is 5.02 Å². The van der Waals surface area contributed by atoms with Crippen molar-refractivity contribution in [3.63, 3.8) is 0 Å². The molecule has 5 nitrogen and oxygen atoms in total. The molecule has 1 N–H and O–H groups in total. The number of ether oxygens (including phenoxy) is 2. The Balaban J connectivity index is 2.22. The number of ketones is 1. The Morgan fingerprint density at radius 1 is 1.06 bits per heavy atom. The summed E-state index contributed by atoms with van der Waals surface area (Å²) in [4.78, 5) is 27.1. The maximum absolute atomic E-state index is 13.3. The highest BCUT2D eigenvalue weighted by Gasteiger charge is 2.46. The molecule has 2 aromatic carbocycles. The molecule has 3 rings (SSSR count). The average molecular weight is 473 g/mol. The summed E-state index contributed by atoms with van der Waals surface area (Å²) in [7, 11) is 3.05. The van der Waals surface area contributed by atoms with Crippen molar-refractivity contribution in [2.24, 2.45) is 5.92 Å². The summed E-state index contributed by atoms with van der Waals surface area (Å²) in [5.74, 6) is -0.810. The van der Waals surface area contributed by atoms with Crippen LogP contribution in [0.1, 0.15) is 34.6 Å². The van der Waals surface area contributed by atoms with Gasteiger partial charge in [0.15, 0.2) is 0 Å². The minimum absolute atomic E-state index is 0.0203. The van der Waals surface area contributed by atoms with Gasteiger partial charge in [-0.3, -0.25) is 9.59 Å². The summed E-state index contributed by atoms with van der Waals surface area (Å²) < 4.78 is 10.5. The molecule has 0 spiro atoms. The van der Waals surface area contributed by atoms with E-state index in [2.05, 4.69) is 0 Å². The van der Waals surface area contributed by atoms with Crippen LogP contribution in [0, 0.1) is 5.92 Å². The number of carbonyl (C=O) groups excluding carboxylic acids is 1. The second kappa shape index (κ2) is 9.86. The lowest BCUT2D eigenvalue weighted by atomic mass is 9.71. The van der Waals surface area contributed by atoms with Gasteiger partial charge < -0.3 is 14.6 Å². The topological polar surface area (TPSA) is 72.8 Å². The zero-order valence-corrected chi connectivity index (χ0v) is 19.9. The predicted molar refractivity (Wildman–Crippen MR) is 127 cm³/mol. The molecule has 0 saturated carbocycles. The van der Waals surface area contributed by atoms with Crippen LogP contribution in [0.5, 0.6) is 5.75 Å². The van der Waals surface area contributed by atoms with E-state index in [-0.39, 0.29) is 18.3 Å². The number of benzene rings is 2. The number of carboxylic acid groups (broad SMARTS) is 1. The molecule has 0 saturated heterocycles. The highest BCUT2D eigenvalue weighted by atomic mass is 35.5. The summed E-state index contributed by atoms with van der Waals surface area (Å²) in [5.41, 5.74) is 0.536. The van der Waals surface area contributed by atoms with Gasteiger partial charge in [0, 0.05) is 22.6 Å². The molecule has 0 radical (unpaired) electrons. The molecular weight excluding hydrogens is 448 g/mol. The normalized spacial score (nSPS) is 13.1. The zero-order valence-electron chi connectivity index (χ0n) is 18.3. The molecule has 1 aromatic heterocycles. The van der Waals surface area contributed by atoms with Crippen LogP contribution in [0.15, 0.2) is 54.6 Å². The van der Waals surface area contributed by atoms with Crippen molar-refractivity contribution >= 4 is 34.7 Å². The monoisotopic (exact) mass is 472 g/mol. The molecule has 0 bridgehead atoms. The van der Waals surface area contributed by atoms with Gasteiger partial charge in [0.05, 0.1) is 18.6 Å². The standard InChI is InChI=1S/C25H25ClO5S/c1-15(2)25(14-30-3,24(28)29)20-13-21(22(27)16-7-11-19(31-4)12-8-16)32-23(20)17-5-9-18(26)10-6-17/h5-13,15H,14H2,1-4H3,(H,28,29).